The van der Waals surface area contributed by atoms with Crippen molar-refractivity contribution in [1.82, 2.24) is 5.32 Å². The van der Waals surface area contributed by atoms with Crippen LogP contribution < -0.4 is 11.1 Å². The third kappa shape index (κ3) is 3.26. The van der Waals surface area contributed by atoms with Gasteiger partial charge in [0.1, 0.15) is 0 Å². The van der Waals surface area contributed by atoms with Gasteiger partial charge < -0.3 is 11.1 Å². The summed E-state index contributed by atoms with van der Waals surface area (Å²) in [5.74, 6) is 0.364. The van der Waals surface area contributed by atoms with Gasteiger partial charge in [-0.05, 0) is 43.5 Å². The van der Waals surface area contributed by atoms with Gasteiger partial charge in [0, 0.05) is 17.3 Å². The van der Waals surface area contributed by atoms with Crippen LogP contribution in [-0.4, -0.2) is 11.9 Å². The number of rotatable bonds is 3. The number of nitrogen functional groups attached to an aromatic ring is 1. The number of hydrogen-bond acceptors (Lipinski definition) is 2. The van der Waals surface area contributed by atoms with Crippen LogP contribution in [0.25, 0.3) is 0 Å². The summed E-state index contributed by atoms with van der Waals surface area (Å²) in [6.45, 7) is 8.09. The van der Waals surface area contributed by atoms with Gasteiger partial charge in [-0.25, -0.2) is 0 Å². The molecule has 1 amide bonds. The minimum Gasteiger partial charge on any atom is -0.399 e. The van der Waals surface area contributed by atoms with Crippen molar-refractivity contribution in [3.63, 3.8) is 0 Å². The molecule has 0 aliphatic rings. The normalized spacial score (nSPS) is 12.6. The molecule has 1 unspecified atom stereocenters. The first kappa shape index (κ1) is 12.6. The number of hydrogen-bond donors (Lipinski definition) is 2. The summed E-state index contributed by atoms with van der Waals surface area (Å²) in [5.41, 5.74) is 7.97. The molecule has 1 aromatic rings. The fraction of sp³-hybridized carbons (Fsp3) is 0.462. The van der Waals surface area contributed by atoms with Gasteiger partial charge in [-0.1, -0.05) is 13.8 Å². The molecule has 3 nitrogen and oxygen atoms in total. The van der Waals surface area contributed by atoms with Crippen LogP contribution in [0.15, 0.2) is 18.2 Å². The minimum absolute atomic E-state index is 0.0587. The van der Waals surface area contributed by atoms with Crippen LogP contribution in [0.3, 0.4) is 0 Å². The second kappa shape index (κ2) is 5.01. The number of benzene rings is 1. The number of carbonyl (C=O) groups is 1. The lowest BCUT2D eigenvalue weighted by atomic mass is 10.1. The Hall–Kier alpha value is -1.51. The van der Waals surface area contributed by atoms with Crippen molar-refractivity contribution < 1.29 is 4.79 Å². The topological polar surface area (TPSA) is 55.1 Å². The number of anilines is 1. The van der Waals surface area contributed by atoms with E-state index in [0.29, 0.717) is 17.2 Å². The van der Waals surface area contributed by atoms with Crippen molar-refractivity contribution in [1.29, 1.82) is 0 Å². The third-order valence-corrected chi connectivity index (χ3v) is 2.72. The molecular weight excluding hydrogens is 200 g/mol. The van der Waals surface area contributed by atoms with Crippen LogP contribution in [0.2, 0.25) is 0 Å². The number of carbonyl (C=O) groups excluding carboxylic acids is 1. The molecule has 3 N–H and O–H groups in total. The summed E-state index contributed by atoms with van der Waals surface area (Å²) in [6.07, 6.45) is 0. The van der Waals surface area contributed by atoms with E-state index < -0.39 is 0 Å². The fourth-order valence-electron chi connectivity index (χ4n) is 1.40. The van der Waals surface area contributed by atoms with Crippen molar-refractivity contribution in [3.8, 4) is 0 Å². The molecule has 0 aliphatic heterocycles. The van der Waals surface area contributed by atoms with E-state index in [1.807, 2.05) is 26.0 Å². The molecule has 1 rings (SSSR count). The molecule has 16 heavy (non-hydrogen) atoms. The Morgan fingerprint density at radius 3 is 2.38 bits per heavy atom. The lowest BCUT2D eigenvalue weighted by Crippen LogP contribution is -2.36. The van der Waals surface area contributed by atoms with Crippen LogP contribution in [0, 0.1) is 12.8 Å². The number of aryl methyl sites for hydroxylation is 1. The van der Waals surface area contributed by atoms with Crippen LogP contribution in [0.1, 0.15) is 36.7 Å². The summed E-state index contributed by atoms with van der Waals surface area (Å²) in [4.78, 5) is 11.9. The van der Waals surface area contributed by atoms with Crippen molar-refractivity contribution in [2.24, 2.45) is 5.92 Å². The Bertz CT molecular complexity index is 365. The highest BCUT2D eigenvalue weighted by Gasteiger charge is 2.12. The molecular formula is C13H20N2O. The molecule has 88 valence electrons. The Labute approximate surface area is 97.0 Å². The maximum atomic E-state index is 11.9. The van der Waals surface area contributed by atoms with Crippen LogP contribution in [-0.2, 0) is 0 Å². The van der Waals surface area contributed by atoms with Crippen LogP contribution in [0.5, 0.6) is 0 Å². The summed E-state index contributed by atoms with van der Waals surface area (Å²) < 4.78 is 0. The molecule has 1 aromatic carbocycles. The largest absolute Gasteiger partial charge is 0.399 e. The molecule has 0 aromatic heterocycles. The van der Waals surface area contributed by atoms with Crippen molar-refractivity contribution >= 4 is 11.6 Å². The number of nitrogens with two attached hydrogens (primary N) is 1. The van der Waals surface area contributed by atoms with E-state index in [2.05, 4.69) is 19.2 Å². The summed E-state index contributed by atoms with van der Waals surface area (Å²) in [7, 11) is 0. The lowest BCUT2D eigenvalue weighted by Gasteiger charge is -2.17. The van der Waals surface area contributed by atoms with Crippen molar-refractivity contribution in [2.45, 2.75) is 33.7 Å². The highest BCUT2D eigenvalue weighted by atomic mass is 16.1. The van der Waals surface area contributed by atoms with E-state index >= 15 is 0 Å². The zero-order valence-corrected chi connectivity index (χ0v) is 10.4. The standard InChI is InChI=1S/C13H20N2O/c1-8(2)10(4)15-13(16)11-5-9(3)6-12(14)7-11/h5-8,10H,14H2,1-4H3,(H,15,16). The average Bonchev–Trinajstić information content (AvgIpc) is 2.15. The number of nitrogens with one attached hydrogen (secondary N) is 1. The van der Waals surface area contributed by atoms with Gasteiger partial charge in [-0.2, -0.15) is 0 Å². The Balaban J connectivity index is 2.80. The predicted octanol–water partition coefficient (Wildman–Crippen LogP) is 2.35. The quantitative estimate of drug-likeness (QED) is 0.768. The van der Waals surface area contributed by atoms with Crippen molar-refractivity contribution in [2.75, 3.05) is 5.73 Å². The zero-order valence-electron chi connectivity index (χ0n) is 10.4. The van der Waals surface area contributed by atoms with Gasteiger partial charge in [-0.15, -0.1) is 0 Å². The highest BCUT2D eigenvalue weighted by molar-refractivity contribution is 5.95. The average molecular weight is 220 g/mol. The Morgan fingerprint density at radius 2 is 1.88 bits per heavy atom. The lowest BCUT2D eigenvalue weighted by molar-refractivity contribution is 0.0930. The Morgan fingerprint density at radius 1 is 1.25 bits per heavy atom. The third-order valence-electron chi connectivity index (χ3n) is 2.72. The van der Waals surface area contributed by atoms with Gasteiger partial charge in [0.05, 0.1) is 0 Å². The van der Waals surface area contributed by atoms with E-state index in [0.717, 1.165) is 5.56 Å². The van der Waals surface area contributed by atoms with Gasteiger partial charge in [0.2, 0.25) is 0 Å². The summed E-state index contributed by atoms with van der Waals surface area (Å²) in [5, 5.41) is 2.96. The first-order chi connectivity index (χ1) is 7.40. The molecule has 0 spiro atoms. The second-order valence-electron chi connectivity index (χ2n) is 4.64. The molecule has 0 bridgehead atoms. The van der Waals surface area contributed by atoms with Gasteiger partial charge >= 0.3 is 0 Å². The van der Waals surface area contributed by atoms with E-state index in [1.54, 1.807) is 6.07 Å². The van der Waals surface area contributed by atoms with Crippen molar-refractivity contribution in [3.05, 3.63) is 29.3 Å². The second-order valence-corrected chi connectivity index (χ2v) is 4.64. The zero-order chi connectivity index (χ0) is 12.3. The number of amides is 1. The van der Waals surface area contributed by atoms with Crippen LogP contribution >= 0.6 is 0 Å². The summed E-state index contributed by atoms with van der Waals surface area (Å²) >= 11 is 0. The smallest absolute Gasteiger partial charge is 0.251 e. The van der Waals surface area contributed by atoms with E-state index in [-0.39, 0.29) is 11.9 Å². The molecule has 1 atom stereocenters. The van der Waals surface area contributed by atoms with Gasteiger partial charge in [0.15, 0.2) is 0 Å². The Kier molecular flexibility index (Phi) is 3.93. The molecule has 0 aliphatic carbocycles. The maximum absolute atomic E-state index is 11.9. The highest BCUT2D eigenvalue weighted by Crippen LogP contribution is 2.12. The van der Waals surface area contributed by atoms with E-state index in [1.165, 1.54) is 0 Å². The fourth-order valence-corrected chi connectivity index (χ4v) is 1.40. The maximum Gasteiger partial charge on any atom is 0.251 e. The molecule has 0 saturated carbocycles. The van der Waals surface area contributed by atoms with E-state index in [4.69, 9.17) is 5.73 Å². The molecule has 0 saturated heterocycles. The first-order valence-electron chi connectivity index (χ1n) is 5.58. The minimum atomic E-state index is -0.0587. The molecule has 0 radical (unpaired) electrons. The molecule has 0 fully saturated rings. The predicted molar refractivity (Wildman–Crippen MR) is 67.4 cm³/mol. The first-order valence-corrected chi connectivity index (χ1v) is 5.58. The monoisotopic (exact) mass is 220 g/mol. The van der Waals surface area contributed by atoms with E-state index in [9.17, 15) is 4.79 Å². The molecule has 0 heterocycles. The van der Waals surface area contributed by atoms with Gasteiger partial charge in [-0.3, -0.25) is 4.79 Å². The molecule has 3 heteroatoms. The van der Waals surface area contributed by atoms with Gasteiger partial charge in [0.25, 0.3) is 5.91 Å². The SMILES string of the molecule is Cc1cc(N)cc(C(=O)NC(C)C(C)C)c1. The van der Waals surface area contributed by atoms with Crippen LogP contribution in [0.4, 0.5) is 5.69 Å². The summed E-state index contributed by atoms with van der Waals surface area (Å²) in [6, 6.07) is 5.56.